The molecule has 8 nitrogen and oxygen atoms in total. The summed E-state index contributed by atoms with van der Waals surface area (Å²) in [6.07, 6.45) is 0. The molecule has 0 aliphatic carbocycles. The lowest BCUT2D eigenvalue weighted by Crippen LogP contribution is -2.15. The van der Waals surface area contributed by atoms with Gasteiger partial charge in [0.1, 0.15) is 4.90 Å². The minimum absolute atomic E-state index is 0.0328. The van der Waals surface area contributed by atoms with Crippen LogP contribution in [0.1, 0.15) is 0 Å². The number of para-hydroxylation sites is 1. The molecule has 0 spiro atoms. The number of nitrogens with zero attached hydrogens (tertiary/aromatic N) is 2. The minimum atomic E-state index is -3.89. The largest absolute Gasteiger partial charge is 0.397 e. The second kappa shape index (κ2) is 4.72. The maximum atomic E-state index is 11.3. The molecule has 0 fully saturated rings. The van der Waals surface area contributed by atoms with Gasteiger partial charge in [0, 0.05) is 11.9 Å². The van der Waals surface area contributed by atoms with E-state index in [2.05, 4.69) is 10.2 Å². The summed E-state index contributed by atoms with van der Waals surface area (Å²) >= 11 is 1.07. The predicted octanol–water partition coefficient (Wildman–Crippen LogP) is -0.511. The fraction of sp³-hybridized carbons (Fsp3) is 0.111. The number of benzene rings is 1. The van der Waals surface area contributed by atoms with Crippen LogP contribution in [0.15, 0.2) is 37.9 Å². The van der Waals surface area contributed by atoms with Crippen LogP contribution < -0.4 is 16.6 Å². The average Bonchev–Trinajstić information content (AvgIpc) is 2.62. The number of nitrogen functional groups attached to an aromatic ring is 1. The Balaban J connectivity index is 2.48. The lowest BCUT2D eigenvalue weighted by atomic mass is 10.3. The summed E-state index contributed by atoms with van der Waals surface area (Å²) in [5.74, 6) is 0. The number of primary sulfonamides is 1. The summed E-state index contributed by atoms with van der Waals surface area (Å²) in [4.78, 5) is 11.5. The van der Waals surface area contributed by atoms with Gasteiger partial charge >= 0.3 is 5.69 Å². The normalized spacial score (nSPS) is 11.7. The number of hydrogen-bond acceptors (Lipinski definition) is 6. The summed E-state index contributed by atoms with van der Waals surface area (Å²) in [5, 5.41) is 11.5. The minimum Gasteiger partial charge on any atom is -0.397 e. The maximum Gasteiger partial charge on any atom is 0.343 e. The number of anilines is 1. The van der Waals surface area contributed by atoms with Gasteiger partial charge in [-0.3, -0.25) is 4.57 Å². The van der Waals surface area contributed by atoms with E-state index in [0.29, 0.717) is 10.1 Å². The van der Waals surface area contributed by atoms with Gasteiger partial charge in [-0.05, 0) is 23.9 Å². The Morgan fingerprint density at radius 1 is 1.42 bits per heavy atom. The summed E-state index contributed by atoms with van der Waals surface area (Å²) in [6.45, 7) is 0. The van der Waals surface area contributed by atoms with Crippen molar-refractivity contribution < 1.29 is 8.42 Å². The Labute approximate surface area is 112 Å². The van der Waals surface area contributed by atoms with E-state index in [1.165, 1.54) is 23.7 Å². The molecule has 0 unspecified atom stereocenters. The number of sulfonamides is 1. The van der Waals surface area contributed by atoms with Crippen LogP contribution in [0.5, 0.6) is 0 Å². The van der Waals surface area contributed by atoms with Crippen molar-refractivity contribution in [2.75, 3.05) is 5.73 Å². The van der Waals surface area contributed by atoms with E-state index in [1.54, 1.807) is 6.07 Å². The van der Waals surface area contributed by atoms with Gasteiger partial charge in [0.2, 0.25) is 10.0 Å². The lowest BCUT2D eigenvalue weighted by molar-refractivity contribution is 0.598. The summed E-state index contributed by atoms with van der Waals surface area (Å²) < 4.78 is 24.0. The third-order valence-corrected chi connectivity index (χ3v) is 4.47. The molecular weight excluding hydrogens is 290 g/mol. The van der Waals surface area contributed by atoms with Crippen LogP contribution in [0, 0.1) is 0 Å². The third kappa shape index (κ3) is 2.64. The topological polar surface area (TPSA) is 137 Å². The Morgan fingerprint density at radius 2 is 2.11 bits per heavy atom. The summed E-state index contributed by atoms with van der Waals surface area (Å²) in [6, 6.07) is 4.45. The smallest absolute Gasteiger partial charge is 0.343 e. The molecule has 0 bridgehead atoms. The molecule has 1 aromatic carbocycles. The summed E-state index contributed by atoms with van der Waals surface area (Å²) in [7, 11) is -2.35. The molecule has 0 radical (unpaired) electrons. The van der Waals surface area contributed by atoms with E-state index < -0.39 is 10.0 Å². The molecular formula is C9H11N5O3S2. The van der Waals surface area contributed by atoms with Crippen molar-refractivity contribution in [3.05, 3.63) is 28.7 Å². The van der Waals surface area contributed by atoms with Gasteiger partial charge in [-0.2, -0.15) is 0 Å². The molecule has 0 aliphatic heterocycles. The number of aromatic amines is 1. The van der Waals surface area contributed by atoms with Crippen molar-refractivity contribution in [3.8, 4) is 0 Å². The Bertz CT molecular complexity index is 777. The third-order valence-electron chi connectivity index (χ3n) is 2.37. The van der Waals surface area contributed by atoms with Gasteiger partial charge < -0.3 is 5.73 Å². The van der Waals surface area contributed by atoms with Crippen LogP contribution in [0.4, 0.5) is 5.69 Å². The number of nitrogens with two attached hydrogens (primary N) is 2. The number of hydrogen-bond donors (Lipinski definition) is 3. The number of aromatic nitrogens is 3. The van der Waals surface area contributed by atoms with E-state index in [9.17, 15) is 13.2 Å². The molecule has 0 amide bonds. The highest BCUT2D eigenvalue weighted by molar-refractivity contribution is 7.99. The van der Waals surface area contributed by atoms with Gasteiger partial charge in [-0.25, -0.2) is 23.4 Å². The van der Waals surface area contributed by atoms with Crippen LogP contribution in [0.25, 0.3) is 0 Å². The van der Waals surface area contributed by atoms with Crippen LogP contribution in [0.2, 0.25) is 0 Å². The first-order valence-corrected chi connectivity index (χ1v) is 7.37. The van der Waals surface area contributed by atoms with Crippen molar-refractivity contribution in [2.45, 2.75) is 14.9 Å². The van der Waals surface area contributed by atoms with E-state index in [1.807, 2.05) is 0 Å². The van der Waals surface area contributed by atoms with Crippen molar-refractivity contribution in [1.29, 1.82) is 0 Å². The first kappa shape index (κ1) is 13.6. The average molecular weight is 301 g/mol. The number of rotatable bonds is 3. The zero-order chi connectivity index (χ0) is 14.2. The second-order valence-corrected chi connectivity index (χ2v) is 6.22. The van der Waals surface area contributed by atoms with Gasteiger partial charge in [0.25, 0.3) is 0 Å². The monoisotopic (exact) mass is 301 g/mol. The lowest BCUT2D eigenvalue weighted by Gasteiger charge is -2.08. The molecule has 10 heteroatoms. The number of nitrogens with one attached hydrogen (secondary N) is 1. The number of H-pyrrole nitrogens is 1. The van der Waals surface area contributed by atoms with Gasteiger partial charge in [0.05, 0.1) is 5.69 Å². The van der Waals surface area contributed by atoms with Gasteiger partial charge in [0.15, 0.2) is 5.16 Å². The highest BCUT2D eigenvalue weighted by Crippen LogP contribution is 2.33. The van der Waals surface area contributed by atoms with Crippen molar-refractivity contribution in [2.24, 2.45) is 12.2 Å². The van der Waals surface area contributed by atoms with E-state index in [-0.39, 0.29) is 16.3 Å². The summed E-state index contributed by atoms with van der Waals surface area (Å²) in [5.41, 5.74) is 5.43. The van der Waals surface area contributed by atoms with Crippen molar-refractivity contribution in [3.63, 3.8) is 0 Å². The molecule has 2 aromatic rings. The second-order valence-electron chi connectivity index (χ2n) is 3.69. The van der Waals surface area contributed by atoms with Crippen LogP contribution in [0.3, 0.4) is 0 Å². The fourth-order valence-electron chi connectivity index (χ4n) is 1.38. The quantitative estimate of drug-likeness (QED) is 0.653. The van der Waals surface area contributed by atoms with Crippen molar-refractivity contribution >= 4 is 27.5 Å². The van der Waals surface area contributed by atoms with Crippen molar-refractivity contribution in [1.82, 2.24) is 14.8 Å². The Hall–Kier alpha value is -1.78. The molecule has 2 rings (SSSR count). The zero-order valence-corrected chi connectivity index (χ0v) is 11.5. The highest BCUT2D eigenvalue weighted by Gasteiger charge is 2.16. The predicted molar refractivity (Wildman–Crippen MR) is 70.2 cm³/mol. The first-order chi connectivity index (χ1) is 8.80. The Morgan fingerprint density at radius 3 is 2.63 bits per heavy atom. The van der Waals surface area contributed by atoms with Gasteiger partial charge in [-0.15, -0.1) is 5.10 Å². The molecule has 19 heavy (non-hydrogen) atoms. The molecule has 0 saturated heterocycles. The van der Waals surface area contributed by atoms with E-state index in [0.717, 1.165) is 11.8 Å². The fourth-order valence-corrected chi connectivity index (χ4v) is 3.01. The molecule has 0 atom stereocenters. The van der Waals surface area contributed by atoms with Crippen LogP contribution in [-0.2, 0) is 17.1 Å². The molecule has 1 heterocycles. The Kier molecular flexibility index (Phi) is 3.39. The molecule has 5 N–H and O–H groups in total. The molecule has 0 saturated carbocycles. The van der Waals surface area contributed by atoms with Crippen LogP contribution >= 0.6 is 11.8 Å². The zero-order valence-electron chi connectivity index (χ0n) is 9.82. The van der Waals surface area contributed by atoms with E-state index in [4.69, 9.17) is 10.9 Å². The molecule has 1 aromatic heterocycles. The van der Waals surface area contributed by atoms with Crippen LogP contribution in [-0.4, -0.2) is 23.2 Å². The van der Waals surface area contributed by atoms with E-state index >= 15 is 0 Å². The van der Waals surface area contributed by atoms with Gasteiger partial charge in [-0.1, -0.05) is 6.07 Å². The first-order valence-electron chi connectivity index (χ1n) is 5.01. The molecule has 0 aliphatic rings. The standard InChI is InChI=1S/C9H11N5O3S2/c1-14-8(15)12-13-9(14)18-5-3-2-4-6(7(5)10)19(11,16)17/h2-4H,10H2,1H3,(H,12,15)(H2,11,16,17). The highest BCUT2D eigenvalue weighted by atomic mass is 32.2. The molecule has 102 valence electrons. The SMILES string of the molecule is Cn1c(Sc2cccc(S(N)(=O)=O)c2N)n[nH]c1=O. The maximum absolute atomic E-state index is 11.3.